The molecule has 0 atom stereocenters. The monoisotopic (exact) mass is 381 g/mol. The van der Waals surface area contributed by atoms with E-state index in [4.69, 9.17) is 16.2 Å². The van der Waals surface area contributed by atoms with E-state index in [9.17, 15) is 4.79 Å². The van der Waals surface area contributed by atoms with Crippen molar-refractivity contribution in [2.24, 2.45) is 5.73 Å². The average molecular weight is 381 g/mol. The molecule has 0 aliphatic carbocycles. The zero-order valence-corrected chi connectivity index (χ0v) is 15.6. The maximum absolute atomic E-state index is 11.3. The van der Waals surface area contributed by atoms with Gasteiger partial charge in [0.05, 0.1) is 0 Å². The minimum Gasteiger partial charge on any atom is -0.457 e. The highest BCUT2D eigenvalue weighted by Crippen LogP contribution is 2.36. The molecule has 3 aromatic carbocycles. The molecule has 1 aromatic heterocycles. The van der Waals surface area contributed by atoms with Crippen molar-refractivity contribution in [3.63, 3.8) is 0 Å². The minimum atomic E-state index is -0.469. The molecule has 4 N–H and O–H groups in total. The third kappa shape index (κ3) is 3.94. The number of nitrogens with zero attached hydrogens (tertiary/aromatic N) is 1. The summed E-state index contributed by atoms with van der Waals surface area (Å²) in [4.78, 5) is 15.7. The standard InChI is InChI=1S/C24H19N3O2/c25-23-21(16-10-12-17(13-11-16)24(26)28)14-18(15-27-23)20-8-4-5-9-22(20)29-19-6-2-1-3-7-19/h1-15H,(H2,25,27)(H2,26,28). The van der Waals surface area contributed by atoms with Crippen LogP contribution < -0.4 is 16.2 Å². The summed E-state index contributed by atoms with van der Waals surface area (Å²) in [5.41, 5.74) is 15.3. The summed E-state index contributed by atoms with van der Waals surface area (Å²) in [5, 5.41) is 0. The fourth-order valence-electron chi connectivity index (χ4n) is 3.08. The molecule has 0 spiro atoms. The summed E-state index contributed by atoms with van der Waals surface area (Å²) in [5.74, 6) is 1.41. The van der Waals surface area contributed by atoms with Crippen molar-refractivity contribution >= 4 is 11.7 Å². The largest absolute Gasteiger partial charge is 0.457 e. The van der Waals surface area contributed by atoms with Crippen molar-refractivity contribution in [1.29, 1.82) is 0 Å². The molecule has 5 heteroatoms. The van der Waals surface area contributed by atoms with Crippen molar-refractivity contribution < 1.29 is 9.53 Å². The Hall–Kier alpha value is -4.12. The van der Waals surface area contributed by atoms with Gasteiger partial charge in [0.2, 0.25) is 5.91 Å². The molecule has 5 nitrogen and oxygen atoms in total. The molecule has 1 heterocycles. The topological polar surface area (TPSA) is 91.2 Å². The number of nitrogen functional groups attached to an aromatic ring is 1. The van der Waals surface area contributed by atoms with Gasteiger partial charge < -0.3 is 16.2 Å². The molecule has 0 aliphatic rings. The van der Waals surface area contributed by atoms with Gasteiger partial charge in [0.1, 0.15) is 17.3 Å². The first-order valence-corrected chi connectivity index (χ1v) is 9.10. The highest BCUT2D eigenvalue weighted by atomic mass is 16.5. The number of hydrogen-bond acceptors (Lipinski definition) is 4. The van der Waals surface area contributed by atoms with Gasteiger partial charge in [-0.05, 0) is 42.0 Å². The highest BCUT2D eigenvalue weighted by molar-refractivity contribution is 5.93. The second-order valence-corrected chi connectivity index (χ2v) is 6.51. The van der Waals surface area contributed by atoms with Gasteiger partial charge in [-0.2, -0.15) is 0 Å². The average Bonchev–Trinajstić information content (AvgIpc) is 2.75. The summed E-state index contributed by atoms with van der Waals surface area (Å²) in [6, 6.07) is 26.3. The van der Waals surface area contributed by atoms with Crippen molar-refractivity contribution in [2.45, 2.75) is 0 Å². The number of pyridine rings is 1. The van der Waals surface area contributed by atoms with Gasteiger partial charge in [0.25, 0.3) is 0 Å². The lowest BCUT2D eigenvalue weighted by molar-refractivity contribution is 0.100. The van der Waals surface area contributed by atoms with Crippen LogP contribution in [0.1, 0.15) is 10.4 Å². The Balaban J connectivity index is 1.74. The first-order chi connectivity index (χ1) is 14.1. The number of anilines is 1. The summed E-state index contributed by atoms with van der Waals surface area (Å²) in [7, 11) is 0. The van der Waals surface area contributed by atoms with Gasteiger partial charge in [-0.25, -0.2) is 4.98 Å². The summed E-state index contributed by atoms with van der Waals surface area (Å²) in [6.45, 7) is 0. The molecule has 0 bridgehead atoms. The number of aromatic nitrogens is 1. The van der Waals surface area contributed by atoms with Gasteiger partial charge in [0.15, 0.2) is 0 Å². The number of ether oxygens (including phenoxy) is 1. The molecule has 0 saturated heterocycles. The van der Waals surface area contributed by atoms with Crippen LogP contribution in [0.2, 0.25) is 0 Å². The number of para-hydroxylation sites is 2. The van der Waals surface area contributed by atoms with E-state index >= 15 is 0 Å². The Morgan fingerprint density at radius 3 is 2.21 bits per heavy atom. The summed E-state index contributed by atoms with van der Waals surface area (Å²) < 4.78 is 6.07. The minimum absolute atomic E-state index is 0.405. The number of carbonyl (C=O) groups excluding carboxylic acids is 1. The van der Waals surface area contributed by atoms with Crippen LogP contribution in [-0.2, 0) is 0 Å². The quantitative estimate of drug-likeness (QED) is 0.515. The molecule has 0 aliphatic heterocycles. The van der Waals surface area contributed by atoms with Crippen LogP contribution in [0.15, 0.2) is 91.1 Å². The van der Waals surface area contributed by atoms with E-state index in [0.29, 0.717) is 11.4 Å². The van der Waals surface area contributed by atoms with E-state index in [1.165, 1.54) is 0 Å². The van der Waals surface area contributed by atoms with E-state index in [2.05, 4.69) is 4.98 Å². The molecule has 29 heavy (non-hydrogen) atoms. The fraction of sp³-hybridized carbons (Fsp3) is 0. The molecule has 0 saturated carbocycles. The zero-order valence-electron chi connectivity index (χ0n) is 15.6. The van der Waals surface area contributed by atoms with E-state index in [-0.39, 0.29) is 0 Å². The Bertz CT molecular complexity index is 1160. The van der Waals surface area contributed by atoms with Gasteiger partial charge in [-0.3, -0.25) is 4.79 Å². The SMILES string of the molecule is NC(=O)c1ccc(-c2cc(-c3ccccc3Oc3ccccc3)cnc2N)cc1. The van der Waals surface area contributed by atoms with E-state index < -0.39 is 5.91 Å². The smallest absolute Gasteiger partial charge is 0.248 e. The number of carbonyl (C=O) groups is 1. The molecular weight excluding hydrogens is 362 g/mol. The lowest BCUT2D eigenvalue weighted by Crippen LogP contribution is -2.10. The lowest BCUT2D eigenvalue weighted by atomic mass is 9.99. The Kier molecular flexibility index (Phi) is 4.95. The zero-order chi connectivity index (χ0) is 20.2. The molecule has 0 fully saturated rings. The van der Waals surface area contributed by atoms with Crippen molar-refractivity contribution in [2.75, 3.05) is 5.73 Å². The third-order valence-electron chi connectivity index (χ3n) is 4.57. The van der Waals surface area contributed by atoms with Crippen LogP contribution in [0, 0.1) is 0 Å². The second kappa shape index (κ2) is 7.86. The molecular formula is C24H19N3O2. The molecule has 142 valence electrons. The highest BCUT2D eigenvalue weighted by Gasteiger charge is 2.12. The molecule has 0 unspecified atom stereocenters. The number of rotatable bonds is 5. The van der Waals surface area contributed by atoms with Gasteiger partial charge >= 0.3 is 0 Å². The summed E-state index contributed by atoms with van der Waals surface area (Å²) in [6.07, 6.45) is 1.73. The fourth-order valence-corrected chi connectivity index (χ4v) is 3.08. The number of primary amides is 1. The second-order valence-electron chi connectivity index (χ2n) is 6.51. The molecule has 4 aromatic rings. The van der Waals surface area contributed by atoms with Crippen LogP contribution >= 0.6 is 0 Å². The van der Waals surface area contributed by atoms with Gasteiger partial charge in [-0.1, -0.05) is 48.5 Å². The van der Waals surface area contributed by atoms with Crippen LogP contribution in [0.4, 0.5) is 5.82 Å². The first kappa shape index (κ1) is 18.3. The van der Waals surface area contributed by atoms with Crippen molar-refractivity contribution in [3.05, 3.63) is 96.7 Å². The predicted molar refractivity (Wildman–Crippen MR) is 115 cm³/mol. The van der Waals surface area contributed by atoms with Crippen LogP contribution in [-0.4, -0.2) is 10.9 Å². The Labute approximate surface area is 168 Å². The molecule has 4 rings (SSSR count). The van der Waals surface area contributed by atoms with Crippen LogP contribution in [0.25, 0.3) is 22.3 Å². The predicted octanol–water partition coefficient (Wildman–Crippen LogP) is 4.89. The summed E-state index contributed by atoms with van der Waals surface area (Å²) >= 11 is 0. The maximum Gasteiger partial charge on any atom is 0.248 e. The first-order valence-electron chi connectivity index (χ1n) is 9.10. The van der Waals surface area contributed by atoms with Crippen LogP contribution in [0.5, 0.6) is 11.5 Å². The van der Waals surface area contributed by atoms with Gasteiger partial charge in [-0.15, -0.1) is 0 Å². The Morgan fingerprint density at radius 1 is 0.793 bits per heavy atom. The molecule has 0 radical (unpaired) electrons. The number of hydrogen-bond donors (Lipinski definition) is 2. The third-order valence-corrected chi connectivity index (χ3v) is 4.57. The van der Waals surface area contributed by atoms with Crippen LogP contribution in [0.3, 0.4) is 0 Å². The number of amides is 1. The number of benzene rings is 3. The van der Waals surface area contributed by atoms with E-state index in [0.717, 1.165) is 33.8 Å². The van der Waals surface area contributed by atoms with Crippen molar-refractivity contribution in [1.82, 2.24) is 4.98 Å². The number of nitrogens with two attached hydrogens (primary N) is 2. The molecule has 1 amide bonds. The lowest BCUT2D eigenvalue weighted by Gasteiger charge is -2.13. The van der Waals surface area contributed by atoms with E-state index in [1.807, 2.05) is 72.8 Å². The van der Waals surface area contributed by atoms with Crippen molar-refractivity contribution in [3.8, 4) is 33.8 Å². The van der Waals surface area contributed by atoms with Gasteiger partial charge in [0, 0.05) is 28.5 Å². The maximum atomic E-state index is 11.3. The Morgan fingerprint density at radius 2 is 1.48 bits per heavy atom. The van der Waals surface area contributed by atoms with E-state index in [1.54, 1.807) is 18.3 Å². The normalized spacial score (nSPS) is 10.5.